The Balaban J connectivity index is 3.30. The van der Waals surface area contributed by atoms with Crippen LogP contribution in [0.1, 0.15) is 13.3 Å². The minimum absolute atomic E-state index is 0.289. The van der Waals surface area contributed by atoms with Crippen LogP contribution in [-0.2, 0) is 4.74 Å². The molecule has 0 aromatic carbocycles. The molecular weight excluding hydrogens is 180 g/mol. The highest BCUT2D eigenvalue weighted by atomic mass is 16.5. The van der Waals surface area contributed by atoms with E-state index in [1.54, 1.807) is 7.11 Å². The van der Waals surface area contributed by atoms with Gasteiger partial charge in [0.2, 0.25) is 0 Å². The van der Waals surface area contributed by atoms with Gasteiger partial charge in [-0.05, 0) is 20.0 Å². The van der Waals surface area contributed by atoms with Gasteiger partial charge in [0, 0.05) is 26.7 Å². The Labute approximate surface area is 87.2 Å². The van der Waals surface area contributed by atoms with Gasteiger partial charge in [-0.15, -0.1) is 0 Å². The van der Waals surface area contributed by atoms with Crippen molar-refractivity contribution in [1.82, 2.24) is 10.2 Å². The van der Waals surface area contributed by atoms with Crippen LogP contribution in [0.2, 0.25) is 0 Å². The standard InChI is InChI=1S/C10H24N2O2/c1-4-6-12(2)9-10(13)8-11-5-7-14-3/h10-11,13H,4-9H2,1-3H3. The molecule has 0 saturated carbocycles. The van der Waals surface area contributed by atoms with Crippen molar-refractivity contribution in [3.63, 3.8) is 0 Å². The number of methoxy groups -OCH3 is 1. The molecule has 0 radical (unpaired) electrons. The number of rotatable bonds is 9. The number of ether oxygens (including phenoxy) is 1. The van der Waals surface area contributed by atoms with Crippen LogP contribution in [0.25, 0.3) is 0 Å². The van der Waals surface area contributed by atoms with Gasteiger partial charge in [-0.3, -0.25) is 0 Å². The molecule has 86 valence electrons. The summed E-state index contributed by atoms with van der Waals surface area (Å²) in [5, 5.41) is 12.7. The first kappa shape index (κ1) is 13.8. The van der Waals surface area contributed by atoms with Crippen LogP contribution >= 0.6 is 0 Å². The van der Waals surface area contributed by atoms with Crippen LogP contribution in [-0.4, -0.2) is 63.1 Å². The lowest BCUT2D eigenvalue weighted by Crippen LogP contribution is -2.37. The van der Waals surface area contributed by atoms with E-state index in [1.807, 2.05) is 7.05 Å². The average Bonchev–Trinajstić information content (AvgIpc) is 2.13. The molecule has 1 unspecified atom stereocenters. The normalized spacial score (nSPS) is 13.5. The number of hydrogen-bond acceptors (Lipinski definition) is 4. The minimum atomic E-state index is -0.289. The third-order valence-electron chi connectivity index (χ3n) is 1.99. The second-order valence-corrected chi connectivity index (χ2v) is 3.61. The van der Waals surface area contributed by atoms with E-state index in [-0.39, 0.29) is 6.10 Å². The smallest absolute Gasteiger partial charge is 0.0791 e. The number of likely N-dealkylation sites (N-methyl/N-ethyl adjacent to an activating group) is 1. The van der Waals surface area contributed by atoms with Crippen molar-refractivity contribution < 1.29 is 9.84 Å². The van der Waals surface area contributed by atoms with Crippen molar-refractivity contribution in [2.24, 2.45) is 0 Å². The Morgan fingerprint density at radius 2 is 2.21 bits per heavy atom. The summed E-state index contributed by atoms with van der Waals surface area (Å²) in [5.41, 5.74) is 0. The highest BCUT2D eigenvalue weighted by molar-refractivity contribution is 4.63. The van der Waals surface area contributed by atoms with E-state index in [0.717, 1.165) is 26.1 Å². The van der Waals surface area contributed by atoms with E-state index < -0.39 is 0 Å². The average molecular weight is 204 g/mol. The number of hydrogen-bond donors (Lipinski definition) is 2. The molecular formula is C10H24N2O2. The van der Waals surface area contributed by atoms with Gasteiger partial charge < -0.3 is 20.1 Å². The van der Waals surface area contributed by atoms with Crippen molar-refractivity contribution in [3.8, 4) is 0 Å². The predicted molar refractivity (Wildman–Crippen MR) is 58.5 cm³/mol. The molecule has 4 nitrogen and oxygen atoms in total. The third kappa shape index (κ3) is 8.44. The highest BCUT2D eigenvalue weighted by Crippen LogP contribution is 1.90. The lowest BCUT2D eigenvalue weighted by Gasteiger charge is -2.20. The maximum atomic E-state index is 9.60. The summed E-state index contributed by atoms with van der Waals surface area (Å²) in [6.07, 6.45) is 0.837. The summed E-state index contributed by atoms with van der Waals surface area (Å²) in [6, 6.07) is 0. The molecule has 0 amide bonds. The van der Waals surface area contributed by atoms with Gasteiger partial charge in [0.05, 0.1) is 12.7 Å². The van der Waals surface area contributed by atoms with Crippen molar-refractivity contribution in [1.29, 1.82) is 0 Å². The first-order valence-corrected chi connectivity index (χ1v) is 5.27. The maximum Gasteiger partial charge on any atom is 0.0791 e. The number of aliphatic hydroxyl groups excluding tert-OH is 1. The van der Waals surface area contributed by atoms with Gasteiger partial charge in [-0.25, -0.2) is 0 Å². The Morgan fingerprint density at radius 1 is 1.50 bits per heavy atom. The van der Waals surface area contributed by atoms with Crippen molar-refractivity contribution in [2.75, 3.05) is 46.9 Å². The summed E-state index contributed by atoms with van der Waals surface area (Å²) in [5.74, 6) is 0. The van der Waals surface area contributed by atoms with Gasteiger partial charge in [-0.1, -0.05) is 6.92 Å². The number of nitrogens with one attached hydrogen (secondary N) is 1. The molecule has 0 aromatic heterocycles. The molecule has 0 spiro atoms. The van der Waals surface area contributed by atoms with Gasteiger partial charge in [0.15, 0.2) is 0 Å². The topological polar surface area (TPSA) is 44.7 Å². The van der Waals surface area contributed by atoms with Crippen LogP contribution in [0, 0.1) is 0 Å². The molecule has 0 aliphatic heterocycles. The summed E-state index contributed by atoms with van der Waals surface area (Å²) in [7, 11) is 3.70. The number of aliphatic hydroxyl groups is 1. The van der Waals surface area contributed by atoms with Gasteiger partial charge in [-0.2, -0.15) is 0 Å². The monoisotopic (exact) mass is 204 g/mol. The maximum absolute atomic E-state index is 9.60. The van der Waals surface area contributed by atoms with Crippen molar-refractivity contribution >= 4 is 0 Å². The Bertz CT molecular complexity index is 123. The van der Waals surface area contributed by atoms with Crippen molar-refractivity contribution in [2.45, 2.75) is 19.4 Å². The van der Waals surface area contributed by atoms with E-state index in [9.17, 15) is 5.11 Å². The van der Waals surface area contributed by atoms with Gasteiger partial charge in [0.1, 0.15) is 0 Å². The largest absolute Gasteiger partial charge is 0.390 e. The predicted octanol–water partition coefficient (Wildman–Crippen LogP) is -0.0749. The second kappa shape index (κ2) is 9.40. The fourth-order valence-corrected chi connectivity index (χ4v) is 1.34. The van der Waals surface area contributed by atoms with E-state index >= 15 is 0 Å². The molecule has 0 aliphatic rings. The lowest BCUT2D eigenvalue weighted by molar-refractivity contribution is 0.120. The second-order valence-electron chi connectivity index (χ2n) is 3.61. The van der Waals surface area contributed by atoms with Crippen LogP contribution in [0.5, 0.6) is 0 Å². The number of nitrogens with zero attached hydrogens (tertiary/aromatic N) is 1. The minimum Gasteiger partial charge on any atom is -0.390 e. The van der Waals surface area contributed by atoms with E-state index in [4.69, 9.17) is 4.74 Å². The third-order valence-corrected chi connectivity index (χ3v) is 1.99. The zero-order valence-electron chi connectivity index (χ0n) is 9.62. The highest BCUT2D eigenvalue weighted by Gasteiger charge is 2.06. The van der Waals surface area contributed by atoms with Crippen LogP contribution in [0.3, 0.4) is 0 Å². The quantitative estimate of drug-likeness (QED) is 0.516. The molecule has 0 saturated heterocycles. The molecule has 0 aromatic rings. The summed E-state index contributed by atoms with van der Waals surface area (Å²) >= 11 is 0. The molecule has 0 bridgehead atoms. The first-order chi connectivity index (χ1) is 6.70. The fourth-order valence-electron chi connectivity index (χ4n) is 1.34. The van der Waals surface area contributed by atoms with E-state index in [1.165, 1.54) is 0 Å². The first-order valence-electron chi connectivity index (χ1n) is 5.27. The summed E-state index contributed by atoms with van der Waals surface area (Å²) in [6.45, 7) is 6.03. The Morgan fingerprint density at radius 3 is 2.79 bits per heavy atom. The zero-order chi connectivity index (χ0) is 10.8. The Kier molecular flexibility index (Phi) is 9.29. The molecule has 0 aliphatic carbocycles. The van der Waals surface area contributed by atoms with Crippen molar-refractivity contribution in [3.05, 3.63) is 0 Å². The zero-order valence-corrected chi connectivity index (χ0v) is 9.62. The molecule has 0 heterocycles. The van der Waals surface area contributed by atoms with E-state index in [0.29, 0.717) is 13.2 Å². The molecule has 1 atom stereocenters. The SMILES string of the molecule is CCCN(C)CC(O)CNCCOC. The molecule has 14 heavy (non-hydrogen) atoms. The molecule has 4 heteroatoms. The lowest BCUT2D eigenvalue weighted by atomic mass is 10.3. The Hall–Kier alpha value is -0.160. The fraction of sp³-hybridized carbons (Fsp3) is 1.00. The van der Waals surface area contributed by atoms with Crippen LogP contribution in [0.4, 0.5) is 0 Å². The van der Waals surface area contributed by atoms with Crippen LogP contribution in [0.15, 0.2) is 0 Å². The van der Waals surface area contributed by atoms with Gasteiger partial charge in [0.25, 0.3) is 0 Å². The molecule has 2 N–H and O–H groups in total. The summed E-state index contributed by atoms with van der Waals surface area (Å²) in [4.78, 5) is 2.14. The molecule has 0 fully saturated rings. The van der Waals surface area contributed by atoms with E-state index in [2.05, 4.69) is 17.1 Å². The summed E-state index contributed by atoms with van der Waals surface area (Å²) < 4.78 is 4.89. The molecule has 0 rings (SSSR count). The van der Waals surface area contributed by atoms with Crippen LogP contribution < -0.4 is 5.32 Å². The van der Waals surface area contributed by atoms with Gasteiger partial charge >= 0.3 is 0 Å².